The van der Waals surface area contributed by atoms with Gasteiger partial charge in [-0.3, -0.25) is 0 Å². The van der Waals surface area contributed by atoms with Gasteiger partial charge in [0.2, 0.25) is 0 Å². The molecule has 0 N–H and O–H groups in total. The molecular weight excluding hydrogens is 1680 g/mol. The van der Waals surface area contributed by atoms with Gasteiger partial charge in [0.25, 0.3) is 0 Å². The second kappa shape index (κ2) is 31.6. The minimum Gasteiger partial charge on any atom is -0.309 e. The number of hydrogen-bond donors (Lipinski definition) is 0. The quantitative estimate of drug-likeness (QED) is 0.103. The molecule has 0 saturated heterocycles. The minimum atomic E-state index is 0.535. The van der Waals surface area contributed by atoms with E-state index in [1.807, 2.05) is 0 Å². The Hall–Kier alpha value is -18.6. The van der Waals surface area contributed by atoms with Crippen LogP contribution >= 0.6 is 0 Å². The van der Waals surface area contributed by atoms with Crippen molar-refractivity contribution in [1.29, 1.82) is 0 Å². The number of nitrogens with zero attached hydrogens (tertiary/aromatic N) is 9. The Labute approximate surface area is 794 Å². The van der Waals surface area contributed by atoms with Crippen molar-refractivity contribution in [2.24, 2.45) is 0 Å². The summed E-state index contributed by atoms with van der Waals surface area (Å²) in [6.45, 7) is 0. The van der Waals surface area contributed by atoms with Crippen molar-refractivity contribution in [3.63, 3.8) is 0 Å². The molecule has 7 aromatic heterocycles. The van der Waals surface area contributed by atoms with Gasteiger partial charge in [-0.25, -0.2) is 15.0 Å². The first-order chi connectivity index (χ1) is 68.4. The molecule has 0 saturated carbocycles. The van der Waals surface area contributed by atoms with Crippen LogP contribution in [0.1, 0.15) is 0 Å². The van der Waals surface area contributed by atoms with Gasteiger partial charge in [-0.15, -0.1) is 0 Å². The first-order valence-corrected chi connectivity index (χ1v) is 47.2. The highest BCUT2D eigenvalue weighted by atomic mass is 15.1. The Morgan fingerprint density at radius 1 is 0.109 bits per heavy atom. The molecule has 0 atom stereocenters. The van der Waals surface area contributed by atoms with Gasteiger partial charge in [0.05, 0.1) is 66.2 Å². The molecule has 138 heavy (non-hydrogen) atoms. The fraction of sp³-hybridized carbons (Fsp3) is 0. The van der Waals surface area contributed by atoms with Crippen LogP contribution in [0, 0.1) is 0 Å². The van der Waals surface area contributed by atoms with Crippen LogP contribution in [0.5, 0.6) is 0 Å². The largest absolute Gasteiger partial charge is 0.309 e. The molecule has 0 aliphatic rings. The zero-order valence-electron chi connectivity index (χ0n) is 74.8. The first kappa shape index (κ1) is 78.1. The van der Waals surface area contributed by atoms with Crippen LogP contribution in [0.15, 0.2) is 491 Å². The van der Waals surface area contributed by atoms with Crippen molar-refractivity contribution in [3.8, 4) is 135 Å². The van der Waals surface area contributed by atoms with Crippen LogP contribution in [-0.2, 0) is 0 Å². The molecular formula is C129H81N9. The van der Waals surface area contributed by atoms with Crippen molar-refractivity contribution in [2.75, 3.05) is 0 Å². The molecule has 0 spiro atoms. The van der Waals surface area contributed by atoms with Crippen molar-refractivity contribution < 1.29 is 0 Å². The monoisotopic (exact) mass is 1760 g/mol. The standard InChI is InChI=1S/C129H81N9/c1-7-29-82(30-8-1)84-53-62-101(83-31-9-2-10-32-83)114(81-84)129-131-127(93-33-27-43-99(71-93)137-123-67-58-89(85-54-63-119-106(73-85)102-45-19-23-49-115(102)133(119)95-35-11-3-12-36-95)77-110(123)111-78-90(59-68-124(111)137)86-55-64-120-107(74-86)103-46-20-24-50-116(103)134(120)96-37-13-4-14-38-96)130-128(132-129)94-34-28-44-100(72-94)138-125-69-60-91(87-56-65-121-108(75-87)104-47-21-25-51-117(104)135(121)97-39-15-5-16-40-97)79-112(125)113-80-92(61-70-126(113)138)88-57-66-122-109(76-88)105-48-22-26-52-118(105)136(122)98-41-17-6-18-42-98/h1-81H. The highest BCUT2D eigenvalue weighted by Gasteiger charge is 2.26. The van der Waals surface area contributed by atoms with Crippen LogP contribution < -0.4 is 0 Å². The Morgan fingerprint density at radius 3 is 0.601 bits per heavy atom. The highest BCUT2D eigenvalue weighted by Crippen LogP contribution is 2.47. The van der Waals surface area contributed by atoms with E-state index in [0.717, 1.165) is 183 Å². The van der Waals surface area contributed by atoms with E-state index in [2.05, 4.69) is 519 Å². The van der Waals surface area contributed by atoms with Gasteiger partial charge in [-0.2, -0.15) is 0 Å². The van der Waals surface area contributed by atoms with E-state index in [-0.39, 0.29) is 0 Å². The maximum Gasteiger partial charge on any atom is 0.164 e. The molecule has 0 bridgehead atoms. The molecule has 28 rings (SSSR count). The molecule has 28 aromatic rings. The van der Waals surface area contributed by atoms with E-state index in [1.165, 1.54) is 65.2 Å². The third-order valence-corrected chi connectivity index (χ3v) is 28.4. The molecule has 9 nitrogen and oxygen atoms in total. The lowest BCUT2D eigenvalue weighted by Crippen LogP contribution is -2.03. The molecule has 7 heterocycles. The lowest BCUT2D eigenvalue weighted by Gasteiger charge is -2.15. The molecule has 21 aromatic carbocycles. The Morgan fingerprint density at radius 2 is 0.312 bits per heavy atom. The maximum atomic E-state index is 5.75. The van der Waals surface area contributed by atoms with Crippen LogP contribution in [0.2, 0.25) is 0 Å². The average molecular weight is 1760 g/mol. The van der Waals surface area contributed by atoms with E-state index in [9.17, 15) is 0 Å². The number of fused-ring (bicyclic) bond motifs is 18. The molecule has 0 aliphatic carbocycles. The topological polar surface area (TPSA) is 68.2 Å². The van der Waals surface area contributed by atoms with Crippen molar-refractivity contribution in [1.82, 2.24) is 42.4 Å². The van der Waals surface area contributed by atoms with Crippen LogP contribution in [0.3, 0.4) is 0 Å². The minimum absolute atomic E-state index is 0.535. The van der Waals surface area contributed by atoms with Crippen molar-refractivity contribution in [2.45, 2.75) is 0 Å². The smallest absolute Gasteiger partial charge is 0.164 e. The summed E-state index contributed by atoms with van der Waals surface area (Å²) in [5.74, 6) is 1.62. The van der Waals surface area contributed by atoms with Gasteiger partial charge in [0, 0.05) is 115 Å². The van der Waals surface area contributed by atoms with Crippen molar-refractivity contribution >= 4 is 131 Å². The normalized spacial score (nSPS) is 11.9. The zero-order chi connectivity index (χ0) is 90.6. The number of rotatable bonds is 15. The summed E-state index contributed by atoms with van der Waals surface area (Å²) in [5.41, 5.74) is 35.8. The predicted molar refractivity (Wildman–Crippen MR) is 575 cm³/mol. The number of hydrogen-bond acceptors (Lipinski definition) is 3. The lowest BCUT2D eigenvalue weighted by molar-refractivity contribution is 1.07. The fourth-order valence-corrected chi connectivity index (χ4v) is 22.1. The molecule has 0 unspecified atom stereocenters. The summed E-state index contributed by atoms with van der Waals surface area (Å²) >= 11 is 0. The van der Waals surface area contributed by atoms with E-state index in [0.29, 0.717) is 17.5 Å². The molecule has 0 amide bonds. The Bertz CT molecular complexity index is 8900. The summed E-state index contributed by atoms with van der Waals surface area (Å²) in [5, 5.41) is 14.2. The van der Waals surface area contributed by atoms with Crippen LogP contribution in [-0.4, -0.2) is 42.4 Å². The lowest BCUT2D eigenvalue weighted by atomic mass is 9.94. The van der Waals surface area contributed by atoms with E-state index in [4.69, 9.17) is 15.0 Å². The molecule has 0 fully saturated rings. The Balaban J connectivity index is 0.625. The van der Waals surface area contributed by atoms with Gasteiger partial charge < -0.3 is 27.4 Å². The highest BCUT2D eigenvalue weighted by molar-refractivity contribution is 6.18. The van der Waals surface area contributed by atoms with E-state index < -0.39 is 0 Å². The second-order valence-electron chi connectivity index (χ2n) is 36.2. The first-order valence-electron chi connectivity index (χ1n) is 47.2. The summed E-state index contributed by atoms with van der Waals surface area (Å²) in [6, 6.07) is 180. The van der Waals surface area contributed by atoms with Crippen molar-refractivity contribution in [3.05, 3.63) is 491 Å². The molecule has 9 heteroatoms. The van der Waals surface area contributed by atoms with Gasteiger partial charge in [0.15, 0.2) is 17.5 Å². The van der Waals surface area contributed by atoms with Crippen LogP contribution in [0.4, 0.5) is 0 Å². The molecule has 0 aliphatic heterocycles. The van der Waals surface area contributed by atoms with Gasteiger partial charge in [0.1, 0.15) is 0 Å². The predicted octanol–water partition coefficient (Wildman–Crippen LogP) is 33.5. The summed E-state index contributed by atoms with van der Waals surface area (Å²) < 4.78 is 14.4. The van der Waals surface area contributed by atoms with E-state index in [1.54, 1.807) is 0 Å². The maximum absolute atomic E-state index is 5.75. The zero-order valence-corrected chi connectivity index (χ0v) is 74.8. The van der Waals surface area contributed by atoms with Gasteiger partial charge in [-0.1, -0.05) is 291 Å². The number of aromatic nitrogens is 9. The average Bonchev–Trinajstić information content (AvgIpc) is 1.58. The van der Waals surface area contributed by atoms with Gasteiger partial charge >= 0.3 is 0 Å². The number of benzene rings is 21. The number of para-hydroxylation sites is 8. The molecule has 642 valence electrons. The fourth-order valence-electron chi connectivity index (χ4n) is 22.1. The molecule has 0 radical (unpaired) electrons. The third-order valence-electron chi connectivity index (χ3n) is 28.4. The Kier molecular flexibility index (Phi) is 17.9. The van der Waals surface area contributed by atoms with Gasteiger partial charge in [-0.05, 0) is 267 Å². The third kappa shape index (κ3) is 12.7. The SMILES string of the molecule is c1ccc(-c2ccc(-c3ccccc3)c(-c3nc(-c4cccc(-n5c6ccc(-c7ccc8c(c7)c7ccccc7n8-c7ccccc7)cc6c6cc(-c7ccc8c(c7)c7ccccc7n8-c7ccccc7)ccc65)c4)nc(-c4cccc(-n5c6ccc(-c7ccc8c(c7)c7ccccc7n8-c7ccccc7)cc6c6cc(-c7ccc8c(c7)c7ccccc7n8-c7ccccc7)ccc65)c4)n3)c2)cc1. The summed E-state index contributed by atoms with van der Waals surface area (Å²) in [7, 11) is 0. The van der Waals surface area contributed by atoms with E-state index >= 15 is 0 Å². The summed E-state index contributed by atoms with van der Waals surface area (Å²) in [6.07, 6.45) is 0. The van der Waals surface area contributed by atoms with Crippen LogP contribution in [0.25, 0.3) is 266 Å². The summed E-state index contributed by atoms with van der Waals surface area (Å²) in [4.78, 5) is 17.2. The second-order valence-corrected chi connectivity index (χ2v) is 36.2.